The molecular formula is C10H11N3O. The van der Waals surface area contributed by atoms with E-state index in [1.807, 2.05) is 24.3 Å². The second-order valence-corrected chi connectivity index (χ2v) is 3.00. The van der Waals surface area contributed by atoms with Crippen molar-refractivity contribution >= 4 is 22.5 Å². The van der Waals surface area contributed by atoms with Gasteiger partial charge >= 0.3 is 0 Å². The molecule has 72 valence electrons. The van der Waals surface area contributed by atoms with Gasteiger partial charge in [0, 0.05) is 17.1 Å². The molecule has 0 unspecified atom stereocenters. The lowest BCUT2D eigenvalue weighted by Crippen LogP contribution is -2.21. The monoisotopic (exact) mass is 189 g/mol. The van der Waals surface area contributed by atoms with Gasteiger partial charge in [-0.1, -0.05) is 18.2 Å². The third-order valence-electron chi connectivity index (χ3n) is 2.05. The van der Waals surface area contributed by atoms with Crippen LogP contribution in [0.2, 0.25) is 0 Å². The van der Waals surface area contributed by atoms with Crippen LogP contribution in [0.25, 0.3) is 10.9 Å². The fourth-order valence-corrected chi connectivity index (χ4v) is 1.38. The van der Waals surface area contributed by atoms with Gasteiger partial charge in [-0.05, 0) is 6.07 Å². The van der Waals surface area contributed by atoms with Crippen LogP contribution in [-0.2, 0) is 4.79 Å². The minimum Gasteiger partial charge on any atom is -0.359 e. The summed E-state index contributed by atoms with van der Waals surface area (Å²) in [4.78, 5) is 14.1. The molecule has 0 radical (unpaired) electrons. The van der Waals surface area contributed by atoms with Crippen molar-refractivity contribution in [2.45, 2.75) is 0 Å². The van der Waals surface area contributed by atoms with E-state index in [1.165, 1.54) is 0 Å². The van der Waals surface area contributed by atoms with E-state index in [0.717, 1.165) is 16.6 Å². The topological polar surface area (TPSA) is 70.9 Å². The van der Waals surface area contributed by atoms with Crippen LogP contribution in [0.15, 0.2) is 30.5 Å². The Balaban J connectivity index is 2.38. The fourth-order valence-electron chi connectivity index (χ4n) is 1.38. The molecule has 14 heavy (non-hydrogen) atoms. The molecule has 0 saturated heterocycles. The highest BCUT2D eigenvalue weighted by atomic mass is 16.1. The van der Waals surface area contributed by atoms with Gasteiger partial charge in [0.05, 0.1) is 12.2 Å². The van der Waals surface area contributed by atoms with E-state index in [0.29, 0.717) is 0 Å². The van der Waals surface area contributed by atoms with Crippen LogP contribution in [0, 0.1) is 0 Å². The molecule has 1 heterocycles. The van der Waals surface area contributed by atoms with Gasteiger partial charge in [-0.3, -0.25) is 4.79 Å². The maximum absolute atomic E-state index is 11.1. The molecule has 1 aromatic heterocycles. The zero-order chi connectivity index (χ0) is 9.97. The predicted molar refractivity (Wildman–Crippen MR) is 56.0 cm³/mol. The Labute approximate surface area is 81.1 Å². The van der Waals surface area contributed by atoms with Crippen LogP contribution in [0.4, 0.5) is 5.69 Å². The normalized spacial score (nSPS) is 10.4. The number of nitrogens with two attached hydrogens (primary N) is 1. The van der Waals surface area contributed by atoms with E-state index in [-0.39, 0.29) is 12.5 Å². The summed E-state index contributed by atoms with van der Waals surface area (Å²) in [7, 11) is 0. The average molecular weight is 189 g/mol. The number of amides is 1. The summed E-state index contributed by atoms with van der Waals surface area (Å²) >= 11 is 0. The summed E-state index contributed by atoms with van der Waals surface area (Å²) in [5.41, 5.74) is 6.98. The van der Waals surface area contributed by atoms with E-state index in [4.69, 9.17) is 5.73 Å². The second kappa shape index (κ2) is 3.51. The number of hydrogen-bond donors (Lipinski definition) is 3. The number of H-pyrrole nitrogens is 1. The Morgan fingerprint density at radius 3 is 3.00 bits per heavy atom. The number of para-hydroxylation sites is 1. The van der Waals surface area contributed by atoms with Crippen LogP contribution in [0.5, 0.6) is 0 Å². The van der Waals surface area contributed by atoms with Gasteiger partial charge in [-0.25, -0.2) is 0 Å². The largest absolute Gasteiger partial charge is 0.359 e. The van der Waals surface area contributed by atoms with Crippen LogP contribution < -0.4 is 11.1 Å². The lowest BCUT2D eigenvalue weighted by molar-refractivity contribution is -0.114. The minimum absolute atomic E-state index is 0.000489. The number of carbonyl (C=O) groups is 1. The van der Waals surface area contributed by atoms with Gasteiger partial charge in [-0.15, -0.1) is 0 Å². The Bertz CT molecular complexity index is 461. The molecule has 0 saturated carbocycles. The first-order chi connectivity index (χ1) is 6.81. The number of anilines is 1. The van der Waals surface area contributed by atoms with Gasteiger partial charge < -0.3 is 16.0 Å². The number of nitrogens with one attached hydrogen (secondary N) is 2. The third-order valence-corrected chi connectivity index (χ3v) is 2.05. The van der Waals surface area contributed by atoms with Crippen molar-refractivity contribution in [2.75, 3.05) is 11.9 Å². The summed E-state index contributed by atoms with van der Waals surface area (Å²) in [6.07, 6.45) is 1.76. The van der Waals surface area contributed by atoms with Crippen molar-refractivity contribution in [3.8, 4) is 0 Å². The summed E-state index contributed by atoms with van der Waals surface area (Å²) in [5, 5.41) is 3.71. The summed E-state index contributed by atoms with van der Waals surface area (Å²) < 4.78 is 0. The molecule has 0 aliphatic heterocycles. The quantitative estimate of drug-likeness (QED) is 0.661. The molecule has 0 bridgehead atoms. The Hall–Kier alpha value is -1.81. The molecule has 0 atom stereocenters. The van der Waals surface area contributed by atoms with Gasteiger partial charge in [0.25, 0.3) is 0 Å². The SMILES string of the molecule is NCC(=O)Nc1c[nH]c2ccccc12. The van der Waals surface area contributed by atoms with Crippen LogP contribution in [-0.4, -0.2) is 17.4 Å². The third kappa shape index (κ3) is 1.47. The fraction of sp³-hybridized carbons (Fsp3) is 0.100. The molecule has 4 nitrogen and oxygen atoms in total. The number of aromatic amines is 1. The average Bonchev–Trinajstić information content (AvgIpc) is 2.62. The molecule has 4 N–H and O–H groups in total. The first-order valence-electron chi connectivity index (χ1n) is 4.37. The van der Waals surface area contributed by atoms with Crippen molar-refractivity contribution < 1.29 is 4.79 Å². The van der Waals surface area contributed by atoms with Crippen LogP contribution >= 0.6 is 0 Å². The number of rotatable bonds is 2. The van der Waals surface area contributed by atoms with Crippen molar-refractivity contribution in [2.24, 2.45) is 5.73 Å². The first-order valence-corrected chi connectivity index (χ1v) is 4.37. The number of carbonyl (C=O) groups excluding carboxylic acids is 1. The van der Waals surface area contributed by atoms with Crippen molar-refractivity contribution in [1.29, 1.82) is 0 Å². The lowest BCUT2D eigenvalue weighted by atomic mass is 10.2. The second-order valence-electron chi connectivity index (χ2n) is 3.00. The van der Waals surface area contributed by atoms with Gasteiger partial charge in [0.2, 0.25) is 5.91 Å². The van der Waals surface area contributed by atoms with Crippen molar-refractivity contribution in [3.63, 3.8) is 0 Å². The Morgan fingerprint density at radius 2 is 2.21 bits per heavy atom. The Kier molecular flexibility index (Phi) is 2.20. The van der Waals surface area contributed by atoms with Gasteiger partial charge in [0.15, 0.2) is 0 Å². The summed E-state index contributed by atoms with van der Waals surface area (Å²) in [6.45, 7) is -0.000489. The molecule has 1 amide bonds. The van der Waals surface area contributed by atoms with Crippen LogP contribution in [0.3, 0.4) is 0 Å². The Morgan fingerprint density at radius 1 is 1.43 bits per heavy atom. The van der Waals surface area contributed by atoms with E-state index in [9.17, 15) is 4.79 Å². The van der Waals surface area contributed by atoms with E-state index < -0.39 is 0 Å². The molecule has 0 aliphatic rings. The molecule has 0 spiro atoms. The molecular weight excluding hydrogens is 178 g/mol. The van der Waals surface area contributed by atoms with E-state index >= 15 is 0 Å². The maximum Gasteiger partial charge on any atom is 0.238 e. The van der Waals surface area contributed by atoms with Gasteiger partial charge in [-0.2, -0.15) is 0 Å². The number of aromatic nitrogens is 1. The maximum atomic E-state index is 11.1. The molecule has 2 aromatic rings. The molecule has 1 aromatic carbocycles. The van der Waals surface area contributed by atoms with E-state index in [1.54, 1.807) is 6.20 Å². The first kappa shape index (κ1) is 8.77. The highest BCUT2D eigenvalue weighted by Crippen LogP contribution is 2.21. The predicted octanol–water partition coefficient (Wildman–Crippen LogP) is 1.07. The van der Waals surface area contributed by atoms with Crippen molar-refractivity contribution in [1.82, 2.24) is 4.98 Å². The highest BCUT2D eigenvalue weighted by Gasteiger charge is 2.04. The lowest BCUT2D eigenvalue weighted by Gasteiger charge is -2.00. The van der Waals surface area contributed by atoms with Crippen molar-refractivity contribution in [3.05, 3.63) is 30.5 Å². The molecule has 0 fully saturated rings. The zero-order valence-electron chi connectivity index (χ0n) is 7.58. The number of benzene rings is 1. The van der Waals surface area contributed by atoms with Gasteiger partial charge in [0.1, 0.15) is 0 Å². The number of hydrogen-bond acceptors (Lipinski definition) is 2. The number of fused-ring (bicyclic) bond motifs is 1. The standard InChI is InChI=1S/C10H11N3O/c11-5-10(14)13-9-6-12-8-4-2-1-3-7(8)9/h1-4,6,12H,5,11H2,(H,13,14). The molecule has 0 aliphatic carbocycles. The van der Waals surface area contributed by atoms with E-state index in [2.05, 4.69) is 10.3 Å². The molecule has 2 rings (SSSR count). The highest BCUT2D eigenvalue weighted by molar-refractivity contribution is 6.02. The molecule has 4 heteroatoms. The summed E-state index contributed by atoms with van der Waals surface area (Å²) in [6, 6.07) is 7.76. The smallest absolute Gasteiger partial charge is 0.238 e. The summed E-state index contributed by atoms with van der Waals surface area (Å²) in [5.74, 6) is -0.185. The minimum atomic E-state index is -0.185. The zero-order valence-corrected chi connectivity index (χ0v) is 7.58. The van der Waals surface area contributed by atoms with Crippen LogP contribution in [0.1, 0.15) is 0 Å².